The Kier molecular flexibility index (Phi) is 3.23. The summed E-state index contributed by atoms with van der Waals surface area (Å²) >= 11 is 2.30. The maximum atomic E-state index is 11.5. The highest BCUT2D eigenvalue weighted by atomic mass is 127. The Morgan fingerprint density at radius 1 is 1.50 bits per heavy atom. The zero-order valence-corrected chi connectivity index (χ0v) is 12.1. The zero-order chi connectivity index (χ0) is 12.5. The van der Waals surface area contributed by atoms with Gasteiger partial charge in [-0.2, -0.15) is 0 Å². The van der Waals surface area contributed by atoms with E-state index in [1.54, 1.807) is 0 Å². The van der Waals surface area contributed by atoms with Crippen LogP contribution in [-0.2, 0) is 11.3 Å². The molecule has 0 saturated heterocycles. The summed E-state index contributed by atoms with van der Waals surface area (Å²) in [6.07, 6.45) is 3.94. The number of nitrogens with zero attached hydrogens (tertiary/aromatic N) is 2. The average molecular weight is 355 g/mol. The number of rotatable bonds is 4. The molecule has 0 spiro atoms. The monoisotopic (exact) mass is 355 g/mol. The highest BCUT2D eigenvalue weighted by molar-refractivity contribution is 14.1. The Hall–Kier alpha value is -1.11. The number of halogens is 1. The molecule has 0 bridgehead atoms. The van der Waals surface area contributed by atoms with E-state index in [9.17, 15) is 4.79 Å². The summed E-state index contributed by atoms with van der Waals surface area (Å²) < 4.78 is 3.29. The van der Waals surface area contributed by atoms with E-state index in [-0.39, 0.29) is 11.8 Å². The molecule has 1 aliphatic carbocycles. The average Bonchev–Trinajstić information content (AvgIpc) is 3.13. The van der Waals surface area contributed by atoms with E-state index in [1.807, 2.05) is 12.4 Å². The summed E-state index contributed by atoms with van der Waals surface area (Å²) in [4.78, 5) is 15.9. The van der Waals surface area contributed by atoms with Gasteiger partial charge in [0.05, 0.1) is 17.4 Å². The quantitative estimate of drug-likeness (QED) is 0.855. The largest absolute Gasteiger partial charge is 0.354 e. The van der Waals surface area contributed by atoms with Crippen molar-refractivity contribution in [2.24, 2.45) is 5.92 Å². The third-order valence-corrected chi connectivity index (χ3v) is 3.85. The first-order valence-corrected chi connectivity index (χ1v) is 7.20. The van der Waals surface area contributed by atoms with Crippen LogP contribution in [0, 0.1) is 9.49 Å². The fourth-order valence-corrected chi connectivity index (χ4v) is 2.47. The van der Waals surface area contributed by atoms with E-state index in [2.05, 4.69) is 49.6 Å². The van der Waals surface area contributed by atoms with Crippen molar-refractivity contribution in [1.82, 2.24) is 14.9 Å². The molecule has 1 heterocycles. The van der Waals surface area contributed by atoms with Gasteiger partial charge in [0.15, 0.2) is 0 Å². The molecule has 18 heavy (non-hydrogen) atoms. The molecule has 1 saturated carbocycles. The number of hydrogen-bond acceptors (Lipinski definition) is 2. The number of imidazole rings is 1. The van der Waals surface area contributed by atoms with Gasteiger partial charge in [0, 0.05) is 22.6 Å². The fraction of sp³-hybridized carbons (Fsp3) is 0.385. The Balaban J connectivity index is 1.66. The molecule has 1 aromatic carbocycles. The molecule has 5 heteroatoms. The van der Waals surface area contributed by atoms with Gasteiger partial charge in [-0.25, -0.2) is 4.98 Å². The molecule has 2 aromatic rings. The van der Waals surface area contributed by atoms with Crippen molar-refractivity contribution in [2.75, 3.05) is 6.54 Å². The number of amides is 1. The highest BCUT2D eigenvalue weighted by Crippen LogP contribution is 2.28. The second-order valence-electron chi connectivity index (χ2n) is 4.64. The minimum Gasteiger partial charge on any atom is -0.354 e. The highest BCUT2D eigenvalue weighted by Gasteiger charge is 2.28. The number of benzene rings is 1. The van der Waals surface area contributed by atoms with E-state index >= 15 is 0 Å². The Bertz CT molecular complexity index is 589. The van der Waals surface area contributed by atoms with Crippen LogP contribution in [0.2, 0.25) is 0 Å². The SMILES string of the molecule is O=C(NCCn1cnc2ccc(I)cc21)C1CC1. The van der Waals surface area contributed by atoms with Gasteiger partial charge in [-0.05, 0) is 53.6 Å². The topological polar surface area (TPSA) is 46.9 Å². The summed E-state index contributed by atoms with van der Waals surface area (Å²) in [5.41, 5.74) is 2.13. The molecule has 1 aliphatic rings. The normalized spacial score (nSPS) is 14.9. The van der Waals surface area contributed by atoms with Gasteiger partial charge >= 0.3 is 0 Å². The van der Waals surface area contributed by atoms with Crippen LogP contribution in [0.25, 0.3) is 11.0 Å². The van der Waals surface area contributed by atoms with Gasteiger partial charge in [0.1, 0.15) is 0 Å². The summed E-state index contributed by atoms with van der Waals surface area (Å²) in [6, 6.07) is 6.19. The predicted octanol–water partition coefficient (Wildman–Crippen LogP) is 2.17. The molecule has 1 amide bonds. The van der Waals surface area contributed by atoms with Crippen LogP contribution in [0.3, 0.4) is 0 Å². The summed E-state index contributed by atoms with van der Waals surface area (Å²) in [5.74, 6) is 0.486. The third kappa shape index (κ3) is 2.50. The van der Waals surface area contributed by atoms with Crippen LogP contribution in [0.5, 0.6) is 0 Å². The minimum atomic E-state index is 0.203. The van der Waals surface area contributed by atoms with Gasteiger partial charge in [-0.3, -0.25) is 4.79 Å². The fourth-order valence-electron chi connectivity index (χ4n) is 2.00. The zero-order valence-electron chi connectivity index (χ0n) is 9.90. The molecular formula is C13H14IN3O. The minimum absolute atomic E-state index is 0.203. The van der Waals surface area contributed by atoms with Gasteiger partial charge in [-0.1, -0.05) is 0 Å². The molecule has 0 radical (unpaired) electrons. The first kappa shape index (κ1) is 12.0. The number of hydrogen-bond donors (Lipinski definition) is 1. The lowest BCUT2D eigenvalue weighted by molar-refractivity contribution is -0.122. The maximum Gasteiger partial charge on any atom is 0.223 e. The second-order valence-corrected chi connectivity index (χ2v) is 5.88. The van der Waals surface area contributed by atoms with Crippen molar-refractivity contribution in [3.63, 3.8) is 0 Å². The maximum absolute atomic E-state index is 11.5. The molecule has 0 aliphatic heterocycles. The van der Waals surface area contributed by atoms with Crippen LogP contribution < -0.4 is 5.32 Å². The van der Waals surface area contributed by atoms with Crippen LogP contribution in [-0.4, -0.2) is 22.0 Å². The number of nitrogens with one attached hydrogen (secondary N) is 1. The first-order chi connectivity index (χ1) is 8.74. The van der Waals surface area contributed by atoms with Crippen molar-refractivity contribution in [1.29, 1.82) is 0 Å². The van der Waals surface area contributed by atoms with E-state index in [0.717, 1.165) is 30.4 Å². The van der Waals surface area contributed by atoms with Crippen molar-refractivity contribution < 1.29 is 4.79 Å². The van der Waals surface area contributed by atoms with Crippen molar-refractivity contribution in [2.45, 2.75) is 19.4 Å². The molecule has 1 N–H and O–H groups in total. The molecule has 1 aromatic heterocycles. The van der Waals surface area contributed by atoms with Crippen molar-refractivity contribution in [3.8, 4) is 0 Å². The number of aromatic nitrogens is 2. The van der Waals surface area contributed by atoms with E-state index in [4.69, 9.17) is 0 Å². The van der Waals surface area contributed by atoms with Crippen molar-refractivity contribution in [3.05, 3.63) is 28.1 Å². The lowest BCUT2D eigenvalue weighted by Crippen LogP contribution is -2.28. The van der Waals surface area contributed by atoms with Crippen molar-refractivity contribution >= 4 is 39.5 Å². The summed E-state index contributed by atoms with van der Waals surface area (Å²) in [7, 11) is 0. The van der Waals surface area contributed by atoms with Crippen LogP contribution in [0.15, 0.2) is 24.5 Å². The summed E-state index contributed by atoms with van der Waals surface area (Å²) in [6.45, 7) is 1.45. The van der Waals surface area contributed by atoms with E-state index in [0.29, 0.717) is 6.54 Å². The molecule has 94 valence electrons. The number of carbonyl (C=O) groups is 1. The molecule has 0 atom stereocenters. The number of fused-ring (bicyclic) bond motifs is 1. The molecule has 3 rings (SSSR count). The summed E-state index contributed by atoms with van der Waals surface area (Å²) in [5, 5.41) is 2.97. The van der Waals surface area contributed by atoms with Crippen LogP contribution in [0.4, 0.5) is 0 Å². The van der Waals surface area contributed by atoms with E-state index in [1.165, 1.54) is 3.57 Å². The Morgan fingerprint density at radius 2 is 2.33 bits per heavy atom. The van der Waals surface area contributed by atoms with Gasteiger partial charge in [0.25, 0.3) is 0 Å². The molecular weight excluding hydrogens is 341 g/mol. The Labute approximate surface area is 119 Å². The second kappa shape index (κ2) is 4.87. The lowest BCUT2D eigenvalue weighted by Gasteiger charge is -2.06. The van der Waals surface area contributed by atoms with Gasteiger partial charge < -0.3 is 9.88 Å². The number of carbonyl (C=O) groups excluding carboxylic acids is 1. The Morgan fingerprint density at radius 3 is 3.11 bits per heavy atom. The third-order valence-electron chi connectivity index (χ3n) is 3.18. The predicted molar refractivity (Wildman–Crippen MR) is 78.2 cm³/mol. The van der Waals surface area contributed by atoms with Gasteiger partial charge in [0.2, 0.25) is 5.91 Å². The van der Waals surface area contributed by atoms with E-state index < -0.39 is 0 Å². The smallest absolute Gasteiger partial charge is 0.223 e. The first-order valence-electron chi connectivity index (χ1n) is 6.12. The lowest BCUT2D eigenvalue weighted by atomic mass is 10.3. The molecule has 1 fully saturated rings. The van der Waals surface area contributed by atoms with Crippen LogP contribution >= 0.6 is 22.6 Å². The molecule has 4 nitrogen and oxygen atoms in total. The standard InChI is InChI=1S/C13H14IN3O/c14-10-3-4-11-12(7-10)17(8-16-11)6-5-15-13(18)9-1-2-9/h3-4,7-9H,1-2,5-6H2,(H,15,18). The van der Waals surface area contributed by atoms with Gasteiger partial charge in [-0.15, -0.1) is 0 Å². The molecule has 0 unspecified atom stereocenters. The van der Waals surface area contributed by atoms with Crippen LogP contribution in [0.1, 0.15) is 12.8 Å².